The van der Waals surface area contributed by atoms with Gasteiger partial charge in [0.15, 0.2) is 0 Å². The minimum absolute atomic E-state index is 0.120. The number of halogens is 2. The van der Waals surface area contributed by atoms with Crippen molar-refractivity contribution in [2.45, 2.75) is 13.0 Å². The Kier molecular flexibility index (Phi) is 4.33. The number of hydrogen-bond acceptors (Lipinski definition) is 4. The number of aromatic nitrogens is 2. The fraction of sp³-hybridized carbons (Fsp3) is 0.118. The van der Waals surface area contributed by atoms with Crippen LogP contribution in [-0.2, 0) is 0 Å². The lowest BCUT2D eigenvalue weighted by Gasteiger charge is -2.12. The Morgan fingerprint density at radius 1 is 1.04 bits per heavy atom. The first-order valence-corrected chi connectivity index (χ1v) is 7.19. The number of carbonyl (C=O) groups is 1. The van der Waals surface area contributed by atoms with E-state index in [1.165, 1.54) is 36.4 Å². The molecule has 3 aromatic rings. The molecule has 1 aromatic heterocycles. The van der Waals surface area contributed by atoms with E-state index in [-0.39, 0.29) is 29.4 Å². The van der Waals surface area contributed by atoms with Gasteiger partial charge in [-0.1, -0.05) is 17.3 Å². The summed E-state index contributed by atoms with van der Waals surface area (Å²) in [7, 11) is 0. The Balaban J connectivity index is 1.71. The monoisotopic (exact) mass is 329 g/mol. The van der Waals surface area contributed by atoms with Crippen molar-refractivity contribution in [2.24, 2.45) is 0 Å². The van der Waals surface area contributed by atoms with Gasteiger partial charge >= 0.3 is 0 Å². The average molecular weight is 329 g/mol. The van der Waals surface area contributed by atoms with Gasteiger partial charge in [-0.15, -0.1) is 0 Å². The topological polar surface area (TPSA) is 68.0 Å². The predicted octanol–water partition coefficient (Wildman–Crippen LogP) is 3.51. The van der Waals surface area contributed by atoms with Crippen LogP contribution in [0.2, 0.25) is 0 Å². The zero-order valence-corrected chi connectivity index (χ0v) is 12.7. The zero-order chi connectivity index (χ0) is 17.1. The van der Waals surface area contributed by atoms with Gasteiger partial charge in [0.05, 0.1) is 6.04 Å². The maximum absolute atomic E-state index is 12.9. The number of carbonyl (C=O) groups excluding carboxylic acids is 1. The largest absolute Gasteiger partial charge is 0.343 e. The molecule has 0 aliphatic carbocycles. The van der Waals surface area contributed by atoms with E-state index >= 15 is 0 Å². The molecule has 1 atom stereocenters. The molecule has 0 fully saturated rings. The lowest BCUT2D eigenvalue weighted by atomic mass is 10.1. The van der Waals surface area contributed by atoms with Crippen molar-refractivity contribution >= 4 is 5.91 Å². The second-order valence-corrected chi connectivity index (χ2v) is 5.18. The lowest BCUT2D eigenvalue weighted by Crippen LogP contribution is -2.27. The van der Waals surface area contributed by atoms with Gasteiger partial charge in [0, 0.05) is 5.56 Å². The first-order valence-electron chi connectivity index (χ1n) is 7.19. The van der Waals surface area contributed by atoms with Gasteiger partial charge in [-0.3, -0.25) is 4.79 Å². The van der Waals surface area contributed by atoms with E-state index in [1.807, 2.05) is 0 Å². The maximum atomic E-state index is 12.9. The molecule has 0 aliphatic rings. The molecule has 0 saturated carbocycles. The molecular weight excluding hydrogens is 316 g/mol. The number of amides is 1. The second kappa shape index (κ2) is 6.57. The highest BCUT2D eigenvalue weighted by Crippen LogP contribution is 2.18. The molecule has 5 nitrogen and oxygen atoms in total. The fourth-order valence-electron chi connectivity index (χ4n) is 2.12. The van der Waals surface area contributed by atoms with Crippen LogP contribution in [0.15, 0.2) is 53.1 Å². The van der Waals surface area contributed by atoms with E-state index in [1.54, 1.807) is 19.1 Å². The summed E-state index contributed by atoms with van der Waals surface area (Å²) in [6.45, 7) is 1.76. The molecule has 0 radical (unpaired) electrons. The lowest BCUT2D eigenvalue weighted by molar-refractivity contribution is 0.0926. The number of hydrogen-bond donors (Lipinski definition) is 1. The van der Waals surface area contributed by atoms with Gasteiger partial charge in [-0.05, 0) is 48.9 Å². The summed E-state index contributed by atoms with van der Waals surface area (Å²) in [5.41, 5.74) is 1.25. The van der Waals surface area contributed by atoms with E-state index in [2.05, 4.69) is 15.5 Å². The first-order chi connectivity index (χ1) is 11.5. The van der Waals surface area contributed by atoms with Gasteiger partial charge in [0.2, 0.25) is 0 Å². The molecule has 0 bridgehead atoms. The first kappa shape index (κ1) is 15.8. The molecule has 1 heterocycles. The van der Waals surface area contributed by atoms with E-state index < -0.39 is 5.91 Å². The molecule has 24 heavy (non-hydrogen) atoms. The van der Waals surface area contributed by atoms with Crippen molar-refractivity contribution in [3.63, 3.8) is 0 Å². The quantitative estimate of drug-likeness (QED) is 0.795. The third-order valence-electron chi connectivity index (χ3n) is 3.44. The van der Waals surface area contributed by atoms with Gasteiger partial charge in [0.1, 0.15) is 11.6 Å². The van der Waals surface area contributed by atoms with Crippen LogP contribution in [0.5, 0.6) is 0 Å². The van der Waals surface area contributed by atoms with Crippen LogP contribution in [-0.4, -0.2) is 16.0 Å². The summed E-state index contributed by atoms with van der Waals surface area (Å²) in [4.78, 5) is 16.2. The van der Waals surface area contributed by atoms with E-state index in [0.717, 1.165) is 5.56 Å². The molecule has 0 unspecified atom stereocenters. The summed E-state index contributed by atoms with van der Waals surface area (Å²) >= 11 is 0. The molecule has 3 rings (SSSR count). The minimum Gasteiger partial charge on any atom is -0.343 e. The van der Waals surface area contributed by atoms with Crippen molar-refractivity contribution in [3.8, 4) is 11.5 Å². The number of nitrogens with one attached hydrogen (secondary N) is 1. The van der Waals surface area contributed by atoms with Crippen LogP contribution in [0.4, 0.5) is 8.78 Å². The van der Waals surface area contributed by atoms with Crippen LogP contribution in [0.3, 0.4) is 0 Å². The van der Waals surface area contributed by atoms with Crippen molar-refractivity contribution < 1.29 is 18.1 Å². The van der Waals surface area contributed by atoms with Gasteiger partial charge in [-0.2, -0.15) is 4.98 Å². The molecular formula is C17H13F2N3O2. The smallest absolute Gasteiger partial charge is 0.293 e. The number of rotatable bonds is 4. The normalized spacial score (nSPS) is 12.0. The van der Waals surface area contributed by atoms with E-state index in [0.29, 0.717) is 5.56 Å². The third-order valence-corrected chi connectivity index (χ3v) is 3.44. The Labute approximate surface area is 136 Å². The molecule has 1 amide bonds. The Hall–Kier alpha value is -3.09. The average Bonchev–Trinajstić information content (AvgIpc) is 3.06. The van der Waals surface area contributed by atoms with Crippen LogP contribution >= 0.6 is 0 Å². The van der Waals surface area contributed by atoms with E-state index in [4.69, 9.17) is 4.52 Å². The predicted molar refractivity (Wildman–Crippen MR) is 82.0 cm³/mol. The number of benzene rings is 2. The summed E-state index contributed by atoms with van der Waals surface area (Å²) in [6, 6.07) is 10.9. The number of nitrogens with zero attached hydrogens (tertiary/aromatic N) is 2. The van der Waals surface area contributed by atoms with Gasteiger partial charge < -0.3 is 9.84 Å². The van der Waals surface area contributed by atoms with Crippen LogP contribution in [0.25, 0.3) is 11.5 Å². The zero-order valence-electron chi connectivity index (χ0n) is 12.7. The van der Waals surface area contributed by atoms with Crippen LogP contribution in [0, 0.1) is 11.6 Å². The highest BCUT2D eigenvalue weighted by Gasteiger charge is 2.18. The van der Waals surface area contributed by atoms with Gasteiger partial charge in [0.25, 0.3) is 17.6 Å². The van der Waals surface area contributed by atoms with Crippen LogP contribution < -0.4 is 5.32 Å². The van der Waals surface area contributed by atoms with Crippen molar-refractivity contribution in [1.82, 2.24) is 15.5 Å². The summed E-state index contributed by atoms with van der Waals surface area (Å²) in [5.74, 6) is -1.27. The Morgan fingerprint density at radius 2 is 1.62 bits per heavy atom. The summed E-state index contributed by atoms with van der Waals surface area (Å²) in [6.07, 6.45) is 0. The van der Waals surface area contributed by atoms with Crippen molar-refractivity contribution in [3.05, 3.63) is 71.6 Å². The summed E-state index contributed by atoms with van der Waals surface area (Å²) < 4.78 is 30.9. The minimum atomic E-state index is -0.524. The second-order valence-electron chi connectivity index (χ2n) is 5.18. The van der Waals surface area contributed by atoms with E-state index in [9.17, 15) is 13.6 Å². The van der Waals surface area contributed by atoms with Crippen LogP contribution in [0.1, 0.15) is 29.1 Å². The Morgan fingerprint density at radius 3 is 2.25 bits per heavy atom. The molecule has 0 saturated heterocycles. The fourth-order valence-corrected chi connectivity index (χ4v) is 2.12. The Bertz CT molecular complexity index is 845. The van der Waals surface area contributed by atoms with Crippen molar-refractivity contribution in [2.75, 3.05) is 0 Å². The highest BCUT2D eigenvalue weighted by molar-refractivity contribution is 5.90. The SMILES string of the molecule is C[C@H](NC(=O)c1noc(-c2ccc(F)cc2)n1)c1ccc(F)cc1. The highest BCUT2D eigenvalue weighted by atomic mass is 19.1. The molecule has 0 spiro atoms. The summed E-state index contributed by atoms with van der Waals surface area (Å²) in [5, 5.41) is 6.32. The molecule has 7 heteroatoms. The van der Waals surface area contributed by atoms with Gasteiger partial charge in [-0.25, -0.2) is 8.78 Å². The third kappa shape index (κ3) is 3.45. The molecule has 122 valence electrons. The standard InChI is InChI=1S/C17H13F2N3O2/c1-10(11-2-6-13(18)7-3-11)20-16(23)15-21-17(24-22-15)12-4-8-14(19)9-5-12/h2-10H,1H3,(H,20,23)/t10-/m0/s1. The molecule has 1 N–H and O–H groups in total. The molecule has 0 aliphatic heterocycles. The molecule has 2 aromatic carbocycles. The van der Waals surface area contributed by atoms with Crippen molar-refractivity contribution in [1.29, 1.82) is 0 Å². The maximum Gasteiger partial charge on any atom is 0.293 e.